The van der Waals surface area contributed by atoms with E-state index < -0.39 is 6.10 Å². The number of allylic oxidation sites excluding steroid dienone is 2. The Balaban J connectivity index is 1.82. The van der Waals surface area contributed by atoms with Gasteiger partial charge in [0, 0.05) is 0 Å². The molecule has 0 saturated carbocycles. The molecule has 1 aliphatic rings. The summed E-state index contributed by atoms with van der Waals surface area (Å²) in [6.45, 7) is 4.03. The second-order valence-electron chi connectivity index (χ2n) is 7.97. The first kappa shape index (κ1) is 23.2. The van der Waals surface area contributed by atoms with E-state index in [0.29, 0.717) is 0 Å². The van der Waals surface area contributed by atoms with Crippen LogP contribution in [0.1, 0.15) is 110 Å². The van der Waals surface area contributed by atoms with E-state index >= 15 is 0 Å². The Kier molecular flexibility index (Phi) is 13.6. The van der Waals surface area contributed by atoms with Gasteiger partial charge in [-0.1, -0.05) is 83.3 Å². The number of ether oxygens (including phenoxy) is 1. The summed E-state index contributed by atoms with van der Waals surface area (Å²) in [6.07, 6.45) is 22.6. The summed E-state index contributed by atoms with van der Waals surface area (Å²) < 4.78 is 5.07. The van der Waals surface area contributed by atoms with Crippen molar-refractivity contribution in [3.8, 4) is 0 Å². The topological polar surface area (TPSA) is 46.5 Å². The molecule has 26 heavy (non-hydrogen) atoms. The van der Waals surface area contributed by atoms with Crippen molar-refractivity contribution in [2.75, 3.05) is 0 Å². The first-order valence-corrected chi connectivity index (χ1v) is 11.2. The highest BCUT2D eigenvalue weighted by Gasteiger charge is 2.40. The third kappa shape index (κ3) is 10.4. The van der Waals surface area contributed by atoms with Crippen LogP contribution in [0, 0.1) is 5.92 Å². The molecule has 0 bridgehead atoms. The number of rotatable bonds is 16. The molecule has 3 heteroatoms. The molecule has 1 heterocycles. The van der Waals surface area contributed by atoms with Gasteiger partial charge < -0.3 is 9.84 Å². The number of cyclic esters (lactones) is 1. The maximum absolute atomic E-state index is 11.6. The Morgan fingerprint density at radius 1 is 0.846 bits per heavy atom. The van der Waals surface area contributed by atoms with E-state index in [0.717, 1.165) is 19.3 Å². The van der Waals surface area contributed by atoms with Crippen LogP contribution in [0.2, 0.25) is 0 Å². The zero-order chi connectivity index (χ0) is 19.0. The van der Waals surface area contributed by atoms with Crippen molar-refractivity contribution in [3.63, 3.8) is 0 Å². The van der Waals surface area contributed by atoms with Gasteiger partial charge in [0.05, 0.1) is 5.92 Å². The van der Waals surface area contributed by atoms with Crippen LogP contribution in [0.4, 0.5) is 0 Å². The average molecular weight is 367 g/mol. The van der Waals surface area contributed by atoms with E-state index in [4.69, 9.17) is 4.74 Å². The molecule has 1 aliphatic heterocycles. The van der Waals surface area contributed by atoms with Crippen molar-refractivity contribution in [2.24, 2.45) is 5.92 Å². The molecule has 1 N–H and O–H groups in total. The van der Waals surface area contributed by atoms with Gasteiger partial charge in [-0.15, -0.1) is 0 Å². The Bertz CT molecular complexity index is 378. The lowest BCUT2D eigenvalue weighted by Gasteiger charge is -2.11. The normalized spacial score (nSPS) is 23.0. The molecule has 152 valence electrons. The zero-order valence-electron chi connectivity index (χ0n) is 17.3. The maximum Gasteiger partial charge on any atom is 0.312 e. The maximum atomic E-state index is 11.6. The van der Waals surface area contributed by atoms with E-state index in [2.05, 4.69) is 19.1 Å². The second-order valence-corrected chi connectivity index (χ2v) is 7.97. The summed E-state index contributed by atoms with van der Waals surface area (Å²) in [5.74, 6) is -0.500. The van der Waals surface area contributed by atoms with Crippen LogP contribution in [-0.2, 0) is 9.53 Å². The molecule has 0 aliphatic carbocycles. The molecule has 3 unspecified atom stereocenters. The van der Waals surface area contributed by atoms with E-state index in [-0.39, 0.29) is 18.0 Å². The zero-order valence-corrected chi connectivity index (χ0v) is 17.3. The Labute approximate surface area is 161 Å². The highest BCUT2D eigenvalue weighted by molar-refractivity contribution is 5.75. The summed E-state index contributed by atoms with van der Waals surface area (Å²) in [5, 5.41) is 9.90. The largest absolute Gasteiger partial charge is 0.460 e. The fourth-order valence-electron chi connectivity index (χ4n) is 3.71. The first-order valence-electron chi connectivity index (χ1n) is 11.2. The molecule has 1 fully saturated rings. The van der Waals surface area contributed by atoms with E-state index in [1.165, 1.54) is 77.0 Å². The van der Waals surface area contributed by atoms with Gasteiger partial charge in [0.1, 0.15) is 12.2 Å². The molecular formula is C23H42O3. The second kappa shape index (κ2) is 15.2. The third-order valence-corrected chi connectivity index (χ3v) is 5.52. The number of aliphatic hydroxyl groups is 1. The number of carbonyl (C=O) groups excluding carboxylic acids is 1. The monoisotopic (exact) mass is 366 g/mol. The third-order valence-electron chi connectivity index (χ3n) is 5.52. The number of esters is 1. The van der Waals surface area contributed by atoms with Crippen molar-refractivity contribution >= 4 is 5.97 Å². The van der Waals surface area contributed by atoms with Crippen LogP contribution in [0.3, 0.4) is 0 Å². The van der Waals surface area contributed by atoms with Crippen molar-refractivity contribution in [3.05, 3.63) is 12.2 Å². The molecule has 1 rings (SSSR count). The average Bonchev–Trinajstić information content (AvgIpc) is 2.87. The minimum atomic E-state index is -0.606. The lowest BCUT2D eigenvalue weighted by Crippen LogP contribution is -2.24. The standard InChI is InChI=1S/C23H42O3/c1-3-4-5-6-7-8-9-10-11-12-13-14-15-16-17-18-19-21-22(24)20(2)26-23(21)25/h10-11,20-22,24H,3-9,12-19H2,1-2H3. The minimum absolute atomic E-state index is 0.210. The van der Waals surface area contributed by atoms with Gasteiger partial charge >= 0.3 is 5.97 Å². The molecule has 3 nitrogen and oxygen atoms in total. The SMILES string of the molecule is CCCCCCCCC=CCCCCCCCCC1C(=O)OC(C)C1O. The summed E-state index contributed by atoms with van der Waals surface area (Å²) in [7, 11) is 0. The van der Waals surface area contributed by atoms with Gasteiger partial charge in [-0.2, -0.15) is 0 Å². The van der Waals surface area contributed by atoms with E-state index in [1.54, 1.807) is 6.92 Å². The van der Waals surface area contributed by atoms with Crippen LogP contribution in [0.5, 0.6) is 0 Å². The van der Waals surface area contributed by atoms with Gasteiger partial charge in [-0.3, -0.25) is 4.79 Å². The molecule has 3 atom stereocenters. The summed E-state index contributed by atoms with van der Waals surface area (Å²) in [5.41, 5.74) is 0. The fourth-order valence-corrected chi connectivity index (χ4v) is 3.71. The van der Waals surface area contributed by atoms with Crippen molar-refractivity contribution in [2.45, 2.75) is 122 Å². The number of carbonyl (C=O) groups is 1. The summed E-state index contributed by atoms with van der Waals surface area (Å²) in [4.78, 5) is 11.6. The lowest BCUT2D eigenvalue weighted by atomic mass is 9.95. The lowest BCUT2D eigenvalue weighted by molar-refractivity contribution is -0.143. The van der Waals surface area contributed by atoms with E-state index in [9.17, 15) is 9.90 Å². The van der Waals surface area contributed by atoms with E-state index in [1.807, 2.05) is 0 Å². The molecular weight excluding hydrogens is 324 g/mol. The van der Waals surface area contributed by atoms with Gasteiger partial charge in [0.25, 0.3) is 0 Å². The molecule has 1 saturated heterocycles. The highest BCUT2D eigenvalue weighted by atomic mass is 16.6. The Hall–Kier alpha value is -0.830. The minimum Gasteiger partial charge on any atom is -0.460 e. The van der Waals surface area contributed by atoms with Crippen LogP contribution < -0.4 is 0 Å². The van der Waals surface area contributed by atoms with Gasteiger partial charge in [-0.05, 0) is 39.0 Å². The summed E-state index contributed by atoms with van der Waals surface area (Å²) in [6, 6.07) is 0. The first-order chi connectivity index (χ1) is 12.7. The molecule has 0 spiro atoms. The van der Waals surface area contributed by atoms with Gasteiger partial charge in [0.2, 0.25) is 0 Å². The van der Waals surface area contributed by atoms with Gasteiger partial charge in [0.15, 0.2) is 0 Å². The van der Waals surface area contributed by atoms with Crippen molar-refractivity contribution in [1.29, 1.82) is 0 Å². The highest BCUT2D eigenvalue weighted by Crippen LogP contribution is 2.26. The fraction of sp³-hybridized carbons (Fsp3) is 0.870. The summed E-state index contributed by atoms with van der Waals surface area (Å²) >= 11 is 0. The van der Waals surface area contributed by atoms with Crippen LogP contribution in [0.25, 0.3) is 0 Å². The Morgan fingerprint density at radius 2 is 1.35 bits per heavy atom. The number of unbranched alkanes of at least 4 members (excludes halogenated alkanes) is 12. The van der Waals surface area contributed by atoms with Crippen molar-refractivity contribution < 1.29 is 14.6 Å². The predicted octanol–water partition coefficient (Wildman–Crippen LogP) is 6.34. The quantitative estimate of drug-likeness (QED) is 0.197. The smallest absolute Gasteiger partial charge is 0.312 e. The molecule has 0 amide bonds. The number of hydrogen-bond donors (Lipinski definition) is 1. The molecule has 0 radical (unpaired) electrons. The van der Waals surface area contributed by atoms with Gasteiger partial charge in [-0.25, -0.2) is 0 Å². The molecule has 0 aromatic carbocycles. The number of aliphatic hydroxyl groups excluding tert-OH is 1. The predicted molar refractivity (Wildman–Crippen MR) is 109 cm³/mol. The van der Waals surface area contributed by atoms with Crippen LogP contribution in [-0.4, -0.2) is 23.3 Å². The molecule has 0 aromatic rings. The van der Waals surface area contributed by atoms with Crippen LogP contribution in [0.15, 0.2) is 12.2 Å². The van der Waals surface area contributed by atoms with Crippen molar-refractivity contribution in [1.82, 2.24) is 0 Å². The number of hydrogen-bond acceptors (Lipinski definition) is 3. The molecule has 0 aromatic heterocycles. The van der Waals surface area contributed by atoms with Crippen LogP contribution >= 0.6 is 0 Å². The Morgan fingerprint density at radius 3 is 1.85 bits per heavy atom.